The van der Waals surface area contributed by atoms with Crippen molar-refractivity contribution in [2.75, 3.05) is 12.1 Å². The summed E-state index contributed by atoms with van der Waals surface area (Å²) in [5, 5.41) is 7.72. The molecule has 0 saturated heterocycles. The SMILES string of the molecule is Cc1cccc(NC(=S)NN=Cc2ccc3c(c2)OCO3)c1C. The van der Waals surface area contributed by atoms with Crippen molar-refractivity contribution in [1.82, 2.24) is 5.43 Å². The van der Waals surface area contributed by atoms with Crippen molar-refractivity contribution in [3.05, 3.63) is 53.1 Å². The summed E-state index contributed by atoms with van der Waals surface area (Å²) >= 11 is 5.25. The molecule has 0 aliphatic carbocycles. The van der Waals surface area contributed by atoms with E-state index in [1.165, 1.54) is 5.56 Å². The van der Waals surface area contributed by atoms with Crippen LogP contribution in [0.3, 0.4) is 0 Å². The zero-order valence-electron chi connectivity index (χ0n) is 12.9. The first-order chi connectivity index (χ1) is 11.1. The first-order valence-corrected chi connectivity index (χ1v) is 7.60. The van der Waals surface area contributed by atoms with Crippen LogP contribution >= 0.6 is 12.2 Å². The molecule has 0 aromatic heterocycles. The van der Waals surface area contributed by atoms with Crippen molar-refractivity contribution in [2.24, 2.45) is 5.10 Å². The van der Waals surface area contributed by atoms with Crippen LogP contribution < -0.4 is 20.2 Å². The predicted molar refractivity (Wildman–Crippen MR) is 95.4 cm³/mol. The topological polar surface area (TPSA) is 54.9 Å². The molecule has 0 bridgehead atoms. The highest BCUT2D eigenvalue weighted by molar-refractivity contribution is 7.80. The molecule has 0 atom stereocenters. The van der Waals surface area contributed by atoms with Crippen molar-refractivity contribution in [1.29, 1.82) is 0 Å². The van der Waals surface area contributed by atoms with Crippen LogP contribution in [0, 0.1) is 13.8 Å². The lowest BCUT2D eigenvalue weighted by Crippen LogP contribution is -2.24. The van der Waals surface area contributed by atoms with Gasteiger partial charge in [0.2, 0.25) is 6.79 Å². The standard InChI is InChI=1S/C17H17N3O2S/c1-11-4-3-5-14(12(11)2)19-17(23)20-18-9-13-6-7-15-16(8-13)22-10-21-15/h3-9H,10H2,1-2H3,(H2,19,20,23). The van der Waals surface area contributed by atoms with E-state index in [4.69, 9.17) is 21.7 Å². The lowest BCUT2D eigenvalue weighted by atomic mass is 10.1. The number of anilines is 1. The lowest BCUT2D eigenvalue weighted by Gasteiger charge is -2.11. The Morgan fingerprint density at radius 1 is 1.17 bits per heavy atom. The number of thiocarbonyl (C=S) groups is 1. The molecule has 0 unspecified atom stereocenters. The van der Waals surface area contributed by atoms with Crippen molar-refractivity contribution in [2.45, 2.75) is 13.8 Å². The second-order valence-electron chi connectivity index (χ2n) is 5.18. The summed E-state index contributed by atoms with van der Waals surface area (Å²) in [6, 6.07) is 11.7. The van der Waals surface area contributed by atoms with Crippen molar-refractivity contribution in [3.63, 3.8) is 0 Å². The van der Waals surface area contributed by atoms with Crippen molar-refractivity contribution >= 4 is 29.2 Å². The Balaban J connectivity index is 1.59. The number of nitrogens with zero attached hydrogens (tertiary/aromatic N) is 1. The van der Waals surface area contributed by atoms with Gasteiger partial charge in [0.15, 0.2) is 16.6 Å². The fraction of sp³-hybridized carbons (Fsp3) is 0.176. The van der Waals surface area contributed by atoms with Gasteiger partial charge in [-0.2, -0.15) is 5.10 Å². The van der Waals surface area contributed by atoms with E-state index < -0.39 is 0 Å². The van der Waals surface area contributed by atoms with E-state index in [1.807, 2.05) is 30.3 Å². The molecule has 2 aromatic rings. The number of nitrogens with one attached hydrogen (secondary N) is 2. The first-order valence-electron chi connectivity index (χ1n) is 7.19. The first kappa shape index (κ1) is 15.3. The molecular formula is C17H17N3O2S. The minimum absolute atomic E-state index is 0.262. The Hall–Kier alpha value is -2.60. The molecule has 0 saturated carbocycles. The minimum atomic E-state index is 0.262. The van der Waals surface area contributed by atoms with Gasteiger partial charge in [0.1, 0.15) is 0 Å². The van der Waals surface area contributed by atoms with Gasteiger partial charge in [-0.25, -0.2) is 0 Å². The van der Waals surface area contributed by atoms with E-state index in [9.17, 15) is 0 Å². The molecule has 0 spiro atoms. The maximum absolute atomic E-state index is 5.33. The molecule has 1 aliphatic rings. The zero-order valence-corrected chi connectivity index (χ0v) is 13.7. The number of ether oxygens (including phenoxy) is 2. The van der Waals surface area contributed by atoms with E-state index in [1.54, 1.807) is 6.21 Å². The lowest BCUT2D eigenvalue weighted by molar-refractivity contribution is 0.174. The Bertz CT molecular complexity index is 774. The summed E-state index contributed by atoms with van der Waals surface area (Å²) in [5.41, 5.74) is 7.06. The molecule has 23 heavy (non-hydrogen) atoms. The molecule has 1 aliphatic heterocycles. The monoisotopic (exact) mass is 327 g/mol. The highest BCUT2D eigenvalue weighted by Gasteiger charge is 2.12. The number of fused-ring (bicyclic) bond motifs is 1. The van der Waals surface area contributed by atoms with E-state index >= 15 is 0 Å². The van der Waals surface area contributed by atoms with Gasteiger partial charge >= 0.3 is 0 Å². The fourth-order valence-electron chi connectivity index (χ4n) is 2.20. The van der Waals surface area contributed by atoms with Gasteiger partial charge in [-0.15, -0.1) is 0 Å². The van der Waals surface area contributed by atoms with Crippen LogP contribution in [0.25, 0.3) is 0 Å². The van der Waals surface area contributed by atoms with Gasteiger partial charge in [0.05, 0.1) is 6.21 Å². The van der Waals surface area contributed by atoms with E-state index in [2.05, 4.69) is 35.8 Å². The second kappa shape index (κ2) is 6.66. The molecule has 0 amide bonds. The number of benzene rings is 2. The molecule has 1 heterocycles. The summed E-state index contributed by atoms with van der Waals surface area (Å²) in [7, 11) is 0. The summed E-state index contributed by atoms with van der Waals surface area (Å²) < 4.78 is 10.6. The van der Waals surface area contributed by atoms with Crippen LogP contribution in [0.4, 0.5) is 5.69 Å². The van der Waals surface area contributed by atoms with Crippen LogP contribution in [0.5, 0.6) is 11.5 Å². The van der Waals surface area contributed by atoms with E-state index in [0.717, 1.165) is 28.3 Å². The number of aryl methyl sites for hydroxylation is 1. The Kier molecular flexibility index (Phi) is 4.43. The predicted octanol–water partition coefficient (Wildman–Crippen LogP) is 3.35. The van der Waals surface area contributed by atoms with Gasteiger partial charge < -0.3 is 14.8 Å². The summed E-state index contributed by atoms with van der Waals surface area (Å²) in [6.45, 7) is 4.38. The third-order valence-electron chi connectivity index (χ3n) is 3.63. The maximum atomic E-state index is 5.33. The van der Waals surface area contributed by atoms with Crippen molar-refractivity contribution < 1.29 is 9.47 Å². The highest BCUT2D eigenvalue weighted by atomic mass is 32.1. The quantitative estimate of drug-likeness (QED) is 0.514. The van der Waals surface area contributed by atoms with Crippen LogP contribution in [0.2, 0.25) is 0 Å². The van der Waals surface area contributed by atoms with Crippen LogP contribution in [0.1, 0.15) is 16.7 Å². The number of hydrazone groups is 1. The van der Waals surface area contributed by atoms with Gasteiger partial charge in [-0.05, 0) is 67.0 Å². The van der Waals surface area contributed by atoms with E-state index in [-0.39, 0.29) is 6.79 Å². The van der Waals surface area contributed by atoms with Crippen LogP contribution in [0.15, 0.2) is 41.5 Å². The van der Waals surface area contributed by atoms with Crippen LogP contribution in [-0.2, 0) is 0 Å². The Morgan fingerprint density at radius 3 is 2.87 bits per heavy atom. The molecule has 118 valence electrons. The average Bonchev–Trinajstić information content (AvgIpc) is 2.99. The number of rotatable bonds is 3. The third kappa shape index (κ3) is 3.60. The molecule has 0 fully saturated rings. The molecule has 3 rings (SSSR count). The molecule has 2 N–H and O–H groups in total. The molecule has 5 nitrogen and oxygen atoms in total. The molecule has 0 radical (unpaired) electrons. The number of hydrogen-bond donors (Lipinski definition) is 2. The molecule has 6 heteroatoms. The summed E-state index contributed by atoms with van der Waals surface area (Å²) in [6.07, 6.45) is 1.68. The van der Waals surface area contributed by atoms with Gasteiger partial charge in [0.25, 0.3) is 0 Å². The highest BCUT2D eigenvalue weighted by Crippen LogP contribution is 2.31. The third-order valence-corrected chi connectivity index (χ3v) is 3.82. The number of hydrogen-bond acceptors (Lipinski definition) is 4. The van der Waals surface area contributed by atoms with E-state index in [0.29, 0.717) is 5.11 Å². The smallest absolute Gasteiger partial charge is 0.231 e. The molecule has 2 aromatic carbocycles. The largest absolute Gasteiger partial charge is 0.454 e. The summed E-state index contributed by atoms with van der Waals surface area (Å²) in [5.74, 6) is 1.48. The average molecular weight is 327 g/mol. The molecular weight excluding hydrogens is 310 g/mol. The zero-order chi connectivity index (χ0) is 16.2. The maximum Gasteiger partial charge on any atom is 0.231 e. The van der Waals surface area contributed by atoms with Crippen LogP contribution in [-0.4, -0.2) is 18.1 Å². The second-order valence-corrected chi connectivity index (χ2v) is 5.59. The minimum Gasteiger partial charge on any atom is -0.454 e. The normalized spacial score (nSPS) is 12.4. The Morgan fingerprint density at radius 2 is 2.00 bits per heavy atom. The fourth-order valence-corrected chi connectivity index (χ4v) is 2.36. The van der Waals surface area contributed by atoms with Gasteiger partial charge in [0, 0.05) is 5.69 Å². The van der Waals surface area contributed by atoms with Crippen molar-refractivity contribution in [3.8, 4) is 11.5 Å². The van der Waals surface area contributed by atoms with Gasteiger partial charge in [-0.1, -0.05) is 12.1 Å². The Labute approximate surface area is 140 Å². The summed E-state index contributed by atoms with van der Waals surface area (Å²) in [4.78, 5) is 0. The van der Waals surface area contributed by atoms with Gasteiger partial charge in [-0.3, -0.25) is 5.43 Å².